The lowest BCUT2D eigenvalue weighted by Crippen LogP contribution is -2.50. The summed E-state index contributed by atoms with van der Waals surface area (Å²) in [7, 11) is 0. The molecule has 0 bridgehead atoms. The zero-order valence-corrected chi connectivity index (χ0v) is 12.5. The van der Waals surface area contributed by atoms with Gasteiger partial charge in [0.1, 0.15) is 5.82 Å². The van der Waals surface area contributed by atoms with Gasteiger partial charge in [-0.05, 0) is 31.2 Å². The smallest absolute Gasteiger partial charge is 0.225 e. The summed E-state index contributed by atoms with van der Waals surface area (Å²) in [5.41, 5.74) is 0.709. The number of hydrogen-bond donors (Lipinski definition) is 1. The summed E-state index contributed by atoms with van der Waals surface area (Å²) in [6.45, 7) is 4.38. The number of halogens is 1. The minimum Gasteiger partial charge on any atom is -0.342 e. The molecule has 3 rings (SSSR count). The predicted molar refractivity (Wildman–Crippen MR) is 80.1 cm³/mol. The summed E-state index contributed by atoms with van der Waals surface area (Å²) in [6, 6.07) is 7.24. The van der Waals surface area contributed by atoms with Crippen LogP contribution in [0.25, 0.3) is 0 Å². The van der Waals surface area contributed by atoms with Gasteiger partial charge in [-0.25, -0.2) is 4.39 Å². The molecule has 1 N–H and O–H groups in total. The lowest BCUT2D eigenvalue weighted by atomic mass is 9.93. The van der Waals surface area contributed by atoms with Gasteiger partial charge in [0.15, 0.2) is 0 Å². The normalized spacial score (nSPS) is 25.9. The maximum atomic E-state index is 13.6. The molecule has 1 saturated heterocycles. The fraction of sp³-hybridized carbons (Fsp3) is 0.588. The number of likely N-dealkylation sites (tertiary alicyclic amines) is 1. The van der Waals surface area contributed by atoms with E-state index in [4.69, 9.17) is 0 Å². The molecule has 4 heteroatoms. The van der Waals surface area contributed by atoms with E-state index in [-0.39, 0.29) is 5.82 Å². The van der Waals surface area contributed by atoms with Crippen molar-refractivity contribution in [3.8, 4) is 0 Å². The lowest BCUT2D eigenvalue weighted by molar-refractivity contribution is -0.134. The van der Waals surface area contributed by atoms with Crippen molar-refractivity contribution in [3.63, 3.8) is 0 Å². The molecular formula is C17H23FN2O. The van der Waals surface area contributed by atoms with Crippen LogP contribution in [-0.2, 0) is 11.3 Å². The molecule has 2 aliphatic rings. The van der Waals surface area contributed by atoms with Crippen LogP contribution in [0.15, 0.2) is 24.3 Å². The SMILES string of the molecule is C[C@@H]1CN(C(=O)C2CC2)CC[C@H]1NCc1ccccc1F. The number of benzene rings is 1. The fourth-order valence-electron chi connectivity index (χ4n) is 3.12. The molecule has 1 saturated carbocycles. The number of piperidine rings is 1. The van der Waals surface area contributed by atoms with Gasteiger partial charge >= 0.3 is 0 Å². The van der Waals surface area contributed by atoms with Crippen molar-refractivity contribution >= 4 is 5.91 Å². The molecule has 1 aromatic rings. The van der Waals surface area contributed by atoms with Gasteiger partial charge < -0.3 is 10.2 Å². The number of nitrogens with zero attached hydrogens (tertiary/aromatic N) is 1. The van der Waals surface area contributed by atoms with E-state index < -0.39 is 0 Å². The molecule has 1 aromatic carbocycles. The van der Waals surface area contributed by atoms with E-state index in [1.165, 1.54) is 6.07 Å². The van der Waals surface area contributed by atoms with Crippen LogP contribution < -0.4 is 5.32 Å². The summed E-state index contributed by atoms with van der Waals surface area (Å²) in [5.74, 6) is 0.904. The molecule has 21 heavy (non-hydrogen) atoms. The van der Waals surface area contributed by atoms with Crippen LogP contribution in [0, 0.1) is 17.7 Å². The Balaban J connectivity index is 1.51. The van der Waals surface area contributed by atoms with Gasteiger partial charge in [-0.3, -0.25) is 4.79 Å². The molecule has 0 unspecified atom stereocenters. The molecule has 2 atom stereocenters. The number of carbonyl (C=O) groups excluding carboxylic acids is 1. The Labute approximate surface area is 125 Å². The third-order valence-corrected chi connectivity index (χ3v) is 4.66. The first-order valence-corrected chi connectivity index (χ1v) is 7.90. The zero-order chi connectivity index (χ0) is 14.8. The second kappa shape index (κ2) is 6.14. The van der Waals surface area contributed by atoms with Crippen LogP contribution in [0.2, 0.25) is 0 Å². The first kappa shape index (κ1) is 14.5. The van der Waals surface area contributed by atoms with Gasteiger partial charge in [0.25, 0.3) is 0 Å². The number of nitrogens with one attached hydrogen (secondary N) is 1. The number of carbonyl (C=O) groups is 1. The van der Waals surface area contributed by atoms with Crippen molar-refractivity contribution in [1.29, 1.82) is 0 Å². The van der Waals surface area contributed by atoms with Crippen molar-refractivity contribution < 1.29 is 9.18 Å². The molecule has 3 nitrogen and oxygen atoms in total. The van der Waals surface area contributed by atoms with E-state index in [1.807, 2.05) is 17.0 Å². The van der Waals surface area contributed by atoms with E-state index >= 15 is 0 Å². The molecule has 2 fully saturated rings. The first-order chi connectivity index (χ1) is 10.1. The van der Waals surface area contributed by atoms with Crippen LogP contribution in [0.4, 0.5) is 4.39 Å². The van der Waals surface area contributed by atoms with Gasteiger partial charge in [-0.15, -0.1) is 0 Å². The second-order valence-corrected chi connectivity index (χ2v) is 6.40. The Bertz CT molecular complexity index is 515. The molecule has 0 spiro atoms. The summed E-state index contributed by atoms with van der Waals surface area (Å²) in [4.78, 5) is 14.1. The predicted octanol–water partition coefficient (Wildman–Crippen LogP) is 2.56. The maximum Gasteiger partial charge on any atom is 0.225 e. The van der Waals surface area contributed by atoms with E-state index in [1.54, 1.807) is 6.07 Å². The maximum absolute atomic E-state index is 13.6. The van der Waals surface area contributed by atoms with Gasteiger partial charge in [0, 0.05) is 37.2 Å². The van der Waals surface area contributed by atoms with Crippen LogP contribution in [0.3, 0.4) is 0 Å². The van der Waals surface area contributed by atoms with Crippen LogP contribution in [0.5, 0.6) is 0 Å². The molecule has 0 radical (unpaired) electrons. The fourth-order valence-corrected chi connectivity index (χ4v) is 3.12. The Hall–Kier alpha value is -1.42. The lowest BCUT2D eigenvalue weighted by Gasteiger charge is -2.37. The highest BCUT2D eigenvalue weighted by Gasteiger charge is 2.36. The summed E-state index contributed by atoms with van der Waals surface area (Å²) in [6.07, 6.45) is 3.09. The third-order valence-electron chi connectivity index (χ3n) is 4.66. The largest absolute Gasteiger partial charge is 0.342 e. The van der Waals surface area contributed by atoms with Crippen molar-refractivity contribution in [1.82, 2.24) is 10.2 Å². The van der Waals surface area contributed by atoms with E-state index in [0.29, 0.717) is 35.9 Å². The quantitative estimate of drug-likeness (QED) is 0.924. The highest BCUT2D eigenvalue weighted by Crippen LogP contribution is 2.32. The van der Waals surface area contributed by atoms with Crippen molar-refractivity contribution in [2.24, 2.45) is 11.8 Å². The van der Waals surface area contributed by atoms with E-state index in [9.17, 15) is 9.18 Å². The third kappa shape index (κ3) is 3.43. The van der Waals surface area contributed by atoms with E-state index in [2.05, 4.69) is 12.2 Å². The number of rotatable bonds is 4. The van der Waals surface area contributed by atoms with Crippen LogP contribution >= 0.6 is 0 Å². The molecule has 1 amide bonds. The Morgan fingerprint density at radius 3 is 2.76 bits per heavy atom. The average Bonchev–Trinajstić information content (AvgIpc) is 3.31. The Morgan fingerprint density at radius 1 is 1.33 bits per heavy atom. The van der Waals surface area contributed by atoms with Gasteiger partial charge in [0.2, 0.25) is 5.91 Å². The molecular weight excluding hydrogens is 267 g/mol. The Morgan fingerprint density at radius 2 is 2.10 bits per heavy atom. The standard InChI is InChI=1S/C17H23FN2O/c1-12-11-20(17(21)13-6-7-13)9-8-16(12)19-10-14-4-2-3-5-15(14)18/h2-5,12-13,16,19H,6-11H2,1H3/t12-,16-/m1/s1. The topological polar surface area (TPSA) is 32.3 Å². The number of hydrogen-bond acceptors (Lipinski definition) is 2. The van der Waals surface area contributed by atoms with Gasteiger partial charge in [-0.1, -0.05) is 25.1 Å². The van der Waals surface area contributed by atoms with Crippen molar-refractivity contribution in [2.75, 3.05) is 13.1 Å². The van der Waals surface area contributed by atoms with Gasteiger partial charge in [0.05, 0.1) is 0 Å². The summed E-state index contributed by atoms with van der Waals surface area (Å²) < 4.78 is 13.6. The van der Waals surface area contributed by atoms with Crippen LogP contribution in [-0.4, -0.2) is 29.9 Å². The van der Waals surface area contributed by atoms with Crippen molar-refractivity contribution in [3.05, 3.63) is 35.6 Å². The second-order valence-electron chi connectivity index (χ2n) is 6.40. The summed E-state index contributed by atoms with van der Waals surface area (Å²) >= 11 is 0. The van der Waals surface area contributed by atoms with Crippen LogP contribution in [0.1, 0.15) is 31.7 Å². The minimum absolute atomic E-state index is 0.154. The zero-order valence-electron chi connectivity index (χ0n) is 12.5. The van der Waals surface area contributed by atoms with Gasteiger partial charge in [-0.2, -0.15) is 0 Å². The molecule has 1 aliphatic heterocycles. The molecule has 114 valence electrons. The van der Waals surface area contributed by atoms with Crippen molar-refractivity contribution in [2.45, 2.75) is 38.8 Å². The minimum atomic E-state index is -0.154. The average molecular weight is 290 g/mol. The molecule has 0 aromatic heterocycles. The molecule has 1 heterocycles. The highest BCUT2D eigenvalue weighted by molar-refractivity contribution is 5.81. The summed E-state index contributed by atoms with van der Waals surface area (Å²) in [5, 5.41) is 3.45. The molecule has 1 aliphatic carbocycles. The van der Waals surface area contributed by atoms with E-state index in [0.717, 1.165) is 32.4 Å². The first-order valence-electron chi connectivity index (χ1n) is 7.90. The highest BCUT2D eigenvalue weighted by atomic mass is 19.1. The monoisotopic (exact) mass is 290 g/mol. The Kier molecular flexibility index (Phi) is 4.24. The number of amides is 1.